The predicted octanol–water partition coefficient (Wildman–Crippen LogP) is 10.9. The molecule has 0 atom stereocenters. The van der Waals surface area contributed by atoms with Crippen LogP contribution in [0.3, 0.4) is 0 Å². The van der Waals surface area contributed by atoms with E-state index in [2.05, 4.69) is 0 Å². The lowest BCUT2D eigenvalue weighted by Crippen LogP contribution is -1.91. The maximum Gasteiger partial charge on any atom is 0.136 e. The van der Waals surface area contributed by atoms with Gasteiger partial charge in [-0.05, 0) is 73.1 Å². The largest absolute Gasteiger partial charge is 0.456 e. The van der Waals surface area contributed by atoms with Crippen LogP contribution in [0.1, 0.15) is 17.8 Å². The standard InChI is InChI=1S/C38H24O/c1-2-12-25(13-3-1)36-29-16-4-6-18-31(29)37(32-19-7-5-17-30(32)36)27-15-10-14-26(24-27)28-21-11-23-35-38(28)33-20-8-9-22-34(33)39-35/h1-24H/i1D,2D,3D,4D,5D,6D,7D,12D,13D,16D,17D,18D,19D. The first-order valence-corrected chi connectivity index (χ1v) is 12.3. The number of para-hydroxylation sites is 1. The number of benzene rings is 7. The molecule has 0 radical (unpaired) electrons. The Kier molecular flexibility index (Phi) is 2.82. The van der Waals surface area contributed by atoms with E-state index in [9.17, 15) is 2.74 Å². The molecule has 1 nitrogen and oxygen atoms in total. The van der Waals surface area contributed by atoms with Crippen LogP contribution in [-0.2, 0) is 0 Å². The Labute approximate surface area is 244 Å². The van der Waals surface area contributed by atoms with E-state index in [1.165, 1.54) is 0 Å². The molecule has 8 aromatic rings. The first-order valence-electron chi connectivity index (χ1n) is 18.8. The third kappa shape index (κ3) is 3.41. The maximum atomic E-state index is 9.20. The van der Waals surface area contributed by atoms with Crippen molar-refractivity contribution in [3.05, 3.63) is 145 Å². The third-order valence-electron chi connectivity index (χ3n) is 6.99. The molecule has 0 aliphatic rings. The highest BCUT2D eigenvalue weighted by Crippen LogP contribution is 2.44. The molecule has 7 aromatic carbocycles. The Hall–Kier alpha value is -5.14. The van der Waals surface area contributed by atoms with Crippen molar-refractivity contribution in [2.45, 2.75) is 0 Å². The fraction of sp³-hybridized carbons (Fsp3) is 0. The van der Waals surface area contributed by atoms with Crippen molar-refractivity contribution in [3.63, 3.8) is 0 Å². The topological polar surface area (TPSA) is 13.1 Å². The predicted molar refractivity (Wildman–Crippen MR) is 165 cm³/mol. The first kappa shape index (κ1) is 12.6. The number of hydrogen-bond acceptors (Lipinski definition) is 1. The lowest BCUT2D eigenvalue weighted by molar-refractivity contribution is 0.669. The summed E-state index contributed by atoms with van der Waals surface area (Å²) in [4.78, 5) is 0. The Morgan fingerprint density at radius 1 is 0.436 bits per heavy atom. The zero-order valence-corrected chi connectivity index (χ0v) is 20.3. The average Bonchev–Trinajstić information content (AvgIpc) is 3.54. The Balaban J connectivity index is 1.62. The van der Waals surface area contributed by atoms with Crippen molar-refractivity contribution in [3.8, 4) is 33.4 Å². The fourth-order valence-electron chi connectivity index (χ4n) is 5.40. The molecule has 0 saturated carbocycles. The smallest absolute Gasteiger partial charge is 0.136 e. The number of rotatable bonds is 3. The molecule has 0 bridgehead atoms. The summed E-state index contributed by atoms with van der Waals surface area (Å²) in [6, 6.07) is 12.0. The molecule has 0 saturated heterocycles. The van der Waals surface area contributed by atoms with Gasteiger partial charge in [0.05, 0.1) is 17.8 Å². The average molecular weight is 510 g/mol. The van der Waals surface area contributed by atoms with E-state index >= 15 is 0 Å². The van der Waals surface area contributed by atoms with Crippen LogP contribution in [0.25, 0.3) is 76.9 Å². The first-order chi connectivity index (χ1) is 24.8. The molecule has 0 unspecified atom stereocenters. The van der Waals surface area contributed by atoms with Crippen molar-refractivity contribution in [2.24, 2.45) is 0 Å². The summed E-state index contributed by atoms with van der Waals surface area (Å²) in [6.07, 6.45) is 0. The zero-order chi connectivity index (χ0) is 37.1. The summed E-state index contributed by atoms with van der Waals surface area (Å²) in [7, 11) is 0. The minimum absolute atomic E-state index is 0.0752. The van der Waals surface area contributed by atoms with Gasteiger partial charge < -0.3 is 4.42 Å². The van der Waals surface area contributed by atoms with Crippen molar-refractivity contribution in [2.75, 3.05) is 0 Å². The van der Waals surface area contributed by atoms with E-state index in [4.69, 9.17) is 19.5 Å². The van der Waals surface area contributed by atoms with Gasteiger partial charge in [0.25, 0.3) is 0 Å². The van der Waals surface area contributed by atoms with Gasteiger partial charge in [-0.15, -0.1) is 0 Å². The van der Waals surface area contributed by atoms with Crippen LogP contribution in [-0.4, -0.2) is 0 Å². The molecule has 1 heterocycles. The van der Waals surface area contributed by atoms with E-state index < -0.39 is 84.1 Å². The highest BCUT2D eigenvalue weighted by molar-refractivity contribution is 6.21. The van der Waals surface area contributed by atoms with Crippen LogP contribution < -0.4 is 0 Å². The summed E-state index contributed by atoms with van der Waals surface area (Å²) in [6.45, 7) is 0. The Morgan fingerprint density at radius 3 is 1.72 bits per heavy atom. The molecule has 0 aliphatic heterocycles. The summed E-state index contributed by atoms with van der Waals surface area (Å²) < 4.78 is 120. The summed E-state index contributed by atoms with van der Waals surface area (Å²) in [5.74, 6) is 0. The molecule has 0 fully saturated rings. The van der Waals surface area contributed by atoms with Crippen LogP contribution >= 0.6 is 0 Å². The van der Waals surface area contributed by atoms with Crippen molar-refractivity contribution >= 4 is 43.5 Å². The Bertz CT molecular complexity index is 2780. The van der Waals surface area contributed by atoms with Gasteiger partial charge in [0, 0.05) is 10.8 Å². The van der Waals surface area contributed by atoms with Crippen LogP contribution in [0, 0.1) is 0 Å². The molecule has 1 aromatic heterocycles. The monoisotopic (exact) mass is 509 g/mol. The molecule has 0 spiro atoms. The fourth-order valence-corrected chi connectivity index (χ4v) is 5.40. The third-order valence-corrected chi connectivity index (χ3v) is 6.99. The van der Waals surface area contributed by atoms with E-state index in [0.717, 1.165) is 16.3 Å². The highest BCUT2D eigenvalue weighted by Gasteiger charge is 2.17. The lowest BCUT2D eigenvalue weighted by atomic mass is 9.85. The second-order valence-electron chi connectivity index (χ2n) is 9.11. The second kappa shape index (κ2) is 8.72. The lowest BCUT2D eigenvalue weighted by Gasteiger charge is -2.18. The number of hydrogen-bond donors (Lipinski definition) is 0. The number of furan rings is 1. The van der Waals surface area contributed by atoms with Crippen LogP contribution in [0.2, 0.25) is 0 Å². The molecule has 0 N–H and O–H groups in total. The van der Waals surface area contributed by atoms with Gasteiger partial charge in [0.2, 0.25) is 0 Å². The summed E-state index contributed by atoms with van der Waals surface area (Å²) in [5, 5.41) is 0.964. The van der Waals surface area contributed by atoms with Gasteiger partial charge in [-0.3, -0.25) is 0 Å². The number of fused-ring (bicyclic) bond motifs is 5. The van der Waals surface area contributed by atoms with E-state index in [1.807, 2.05) is 48.5 Å². The van der Waals surface area contributed by atoms with E-state index in [-0.39, 0.29) is 32.7 Å². The molecule has 8 rings (SSSR count). The Morgan fingerprint density at radius 2 is 1.00 bits per heavy atom. The molecule has 182 valence electrons. The summed E-state index contributed by atoms with van der Waals surface area (Å²) >= 11 is 0. The van der Waals surface area contributed by atoms with Crippen molar-refractivity contribution in [1.29, 1.82) is 0 Å². The molecule has 0 amide bonds. The van der Waals surface area contributed by atoms with Gasteiger partial charge >= 0.3 is 0 Å². The minimum Gasteiger partial charge on any atom is -0.456 e. The molecular formula is C38H24O. The summed E-state index contributed by atoms with van der Waals surface area (Å²) in [5.41, 5.74) is 2.49. The van der Waals surface area contributed by atoms with E-state index in [0.29, 0.717) is 22.3 Å². The normalized spacial score (nSPS) is 16.3. The van der Waals surface area contributed by atoms with Gasteiger partial charge in [-0.25, -0.2) is 0 Å². The van der Waals surface area contributed by atoms with Gasteiger partial charge in [0.1, 0.15) is 11.2 Å². The van der Waals surface area contributed by atoms with Crippen LogP contribution in [0.4, 0.5) is 0 Å². The van der Waals surface area contributed by atoms with Crippen LogP contribution in [0.15, 0.2) is 150 Å². The van der Waals surface area contributed by atoms with Gasteiger partial charge in [0.15, 0.2) is 0 Å². The zero-order valence-electron chi connectivity index (χ0n) is 33.3. The maximum absolute atomic E-state index is 9.20. The minimum atomic E-state index is -0.711. The molecule has 0 aliphatic carbocycles. The second-order valence-corrected chi connectivity index (χ2v) is 9.11. The van der Waals surface area contributed by atoms with E-state index in [1.54, 1.807) is 18.2 Å². The highest BCUT2D eigenvalue weighted by atomic mass is 16.3. The molecule has 1 heteroatoms. The SMILES string of the molecule is [2H]c1c([2H])c([2H])c(-c2c3c([2H])c([2H])c([2H])c([2H])c3c(-c3cccc(-c4cccc5oc6ccccc6c45)c3)c3c([2H])c([2H])c([2H])c([2H])c23)c([2H])c1[2H]. The van der Waals surface area contributed by atoms with Gasteiger partial charge in [-0.1, -0.05) is 127 Å². The van der Waals surface area contributed by atoms with Crippen LogP contribution in [0.5, 0.6) is 0 Å². The van der Waals surface area contributed by atoms with Gasteiger partial charge in [-0.2, -0.15) is 0 Å². The van der Waals surface area contributed by atoms with Crippen molar-refractivity contribution < 1.29 is 22.2 Å². The molecule has 39 heavy (non-hydrogen) atoms. The van der Waals surface area contributed by atoms with Crippen molar-refractivity contribution in [1.82, 2.24) is 0 Å². The molecular weight excluding hydrogens is 472 g/mol. The quantitative estimate of drug-likeness (QED) is 0.216.